The average Bonchev–Trinajstić information content (AvgIpc) is 2.59. The first kappa shape index (κ1) is 16.8. The number of ether oxygens (including phenoxy) is 2. The normalized spacial score (nSPS) is 22.3. The average molecular weight is 306 g/mol. The SMILES string of the molecule is COCc1ccccc1NC(=O)N[C@@H]1CC(C)(C)OC1(C)C. The Kier molecular flexibility index (Phi) is 4.78. The predicted molar refractivity (Wildman–Crippen MR) is 87.0 cm³/mol. The van der Waals surface area contributed by atoms with Crippen molar-refractivity contribution in [3.8, 4) is 0 Å². The molecule has 0 bridgehead atoms. The molecular weight excluding hydrogens is 280 g/mol. The summed E-state index contributed by atoms with van der Waals surface area (Å²) in [6.45, 7) is 8.56. The van der Waals surface area contributed by atoms with Crippen molar-refractivity contribution >= 4 is 11.7 Å². The number of benzene rings is 1. The molecule has 1 heterocycles. The van der Waals surface area contributed by atoms with E-state index in [0.717, 1.165) is 17.7 Å². The Labute approximate surface area is 132 Å². The molecule has 0 spiro atoms. The van der Waals surface area contributed by atoms with Gasteiger partial charge in [-0.3, -0.25) is 0 Å². The van der Waals surface area contributed by atoms with Gasteiger partial charge >= 0.3 is 6.03 Å². The van der Waals surface area contributed by atoms with Crippen LogP contribution < -0.4 is 10.6 Å². The van der Waals surface area contributed by atoms with Gasteiger partial charge in [0.1, 0.15) is 0 Å². The van der Waals surface area contributed by atoms with Crippen molar-refractivity contribution in [1.82, 2.24) is 5.32 Å². The molecule has 1 aromatic rings. The van der Waals surface area contributed by atoms with Crippen LogP contribution in [0.25, 0.3) is 0 Å². The zero-order valence-corrected chi connectivity index (χ0v) is 14.0. The second kappa shape index (κ2) is 6.26. The number of urea groups is 1. The van der Waals surface area contributed by atoms with Crippen LogP contribution >= 0.6 is 0 Å². The molecule has 1 aliphatic heterocycles. The zero-order valence-electron chi connectivity index (χ0n) is 14.0. The minimum Gasteiger partial charge on any atom is -0.380 e. The highest BCUT2D eigenvalue weighted by Crippen LogP contribution is 2.37. The Morgan fingerprint density at radius 3 is 2.59 bits per heavy atom. The number of carbonyl (C=O) groups excluding carboxylic acids is 1. The van der Waals surface area contributed by atoms with Crippen molar-refractivity contribution < 1.29 is 14.3 Å². The van der Waals surface area contributed by atoms with Crippen LogP contribution in [0.5, 0.6) is 0 Å². The van der Waals surface area contributed by atoms with Crippen LogP contribution in [0.2, 0.25) is 0 Å². The first-order valence-electron chi connectivity index (χ1n) is 7.58. The second-order valence-electron chi connectivity index (χ2n) is 6.91. The molecule has 2 rings (SSSR count). The molecule has 5 nitrogen and oxygen atoms in total. The third-order valence-corrected chi connectivity index (χ3v) is 3.94. The van der Waals surface area contributed by atoms with Crippen LogP contribution in [0.1, 0.15) is 39.7 Å². The summed E-state index contributed by atoms with van der Waals surface area (Å²) in [6.07, 6.45) is 0.785. The monoisotopic (exact) mass is 306 g/mol. The molecule has 1 aromatic carbocycles. The fourth-order valence-corrected chi connectivity index (χ4v) is 3.03. The van der Waals surface area contributed by atoms with E-state index in [-0.39, 0.29) is 23.3 Å². The van der Waals surface area contributed by atoms with Crippen molar-refractivity contribution in [2.75, 3.05) is 12.4 Å². The molecule has 0 saturated carbocycles. The fourth-order valence-electron chi connectivity index (χ4n) is 3.03. The van der Waals surface area contributed by atoms with E-state index in [0.29, 0.717) is 6.61 Å². The van der Waals surface area contributed by atoms with Crippen LogP contribution in [-0.4, -0.2) is 30.4 Å². The summed E-state index contributed by atoms with van der Waals surface area (Å²) in [7, 11) is 1.64. The number of hydrogen-bond donors (Lipinski definition) is 2. The topological polar surface area (TPSA) is 59.6 Å². The van der Waals surface area contributed by atoms with Crippen LogP contribution in [-0.2, 0) is 16.1 Å². The summed E-state index contributed by atoms with van der Waals surface area (Å²) in [6, 6.07) is 7.37. The maximum atomic E-state index is 12.3. The molecule has 1 atom stereocenters. The van der Waals surface area contributed by atoms with Crippen molar-refractivity contribution in [2.45, 2.75) is 58.0 Å². The smallest absolute Gasteiger partial charge is 0.319 e. The summed E-state index contributed by atoms with van der Waals surface area (Å²) in [4.78, 5) is 12.3. The Morgan fingerprint density at radius 1 is 1.32 bits per heavy atom. The lowest BCUT2D eigenvalue weighted by Crippen LogP contribution is -2.47. The number of hydrogen-bond acceptors (Lipinski definition) is 3. The molecule has 2 amide bonds. The van der Waals surface area contributed by atoms with E-state index < -0.39 is 0 Å². The Hall–Kier alpha value is -1.59. The van der Waals surface area contributed by atoms with E-state index in [2.05, 4.69) is 10.6 Å². The summed E-state index contributed by atoms with van der Waals surface area (Å²) in [5, 5.41) is 5.93. The largest absolute Gasteiger partial charge is 0.380 e. The molecule has 0 unspecified atom stereocenters. The number of methoxy groups -OCH3 is 1. The fraction of sp³-hybridized carbons (Fsp3) is 0.588. The van der Waals surface area contributed by atoms with Gasteiger partial charge in [0.25, 0.3) is 0 Å². The number of amides is 2. The third-order valence-electron chi connectivity index (χ3n) is 3.94. The minimum absolute atomic E-state index is 0.0305. The van der Waals surface area contributed by atoms with Gasteiger partial charge in [-0.15, -0.1) is 0 Å². The maximum Gasteiger partial charge on any atom is 0.319 e. The van der Waals surface area contributed by atoms with Gasteiger partial charge in [0, 0.05) is 18.4 Å². The molecule has 122 valence electrons. The van der Waals surface area contributed by atoms with Crippen molar-refractivity contribution in [3.63, 3.8) is 0 Å². The maximum absolute atomic E-state index is 12.3. The van der Waals surface area contributed by atoms with E-state index in [1.165, 1.54) is 0 Å². The number of anilines is 1. The van der Waals surface area contributed by atoms with E-state index in [1.807, 2.05) is 52.0 Å². The summed E-state index contributed by atoms with van der Waals surface area (Å²) in [5.41, 5.74) is 1.10. The van der Waals surface area contributed by atoms with Crippen molar-refractivity contribution in [3.05, 3.63) is 29.8 Å². The molecule has 0 radical (unpaired) electrons. The van der Waals surface area contributed by atoms with Gasteiger partial charge in [-0.2, -0.15) is 0 Å². The van der Waals surface area contributed by atoms with Gasteiger partial charge in [-0.1, -0.05) is 18.2 Å². The highest BCUT2D eigenvalue weighted by Gasteiger charge is 2.46. The molecule has 1 aliphatic rings. The van der Waals surface area contributed by atoms with E-state index in [1.54, 1.807) is 7.11 Å². The van der Waals surface area contributed by atoms with Gasteiger partial charge in [-0.25, -0.2) is 4.79 Å². The number of nitrogens with one attached hydrogen (secondary N) is 2. The lowest BCUT2D eigenvalue weighted by atomic mass is 9.95. The van der Waals surface area contributed by atoms with E-state index in [9.17, 15) is 4.79 Å². The summed E-state index contributed by atoms with van der Waals surface area (Å²) < 4.78 is 11.2. The zero-order chi connectivity index (χ0) is 16.4. The molecular formula is C17H26N2O3. The molecule has 1 saturated heterocycles. The second-order valence-corrected chi connectivity index (χ2v) is 6.91. The molecule has 0 aromatic heterocycles. The molecule has 2 N–H and O–H groups in total. The van der Waals surface area contributed by atoms with Crippen molar-refractivity contribution in [2.24, 2.45) is 0 Å². The molecule has 0 aliphatic carbocycles. The standard InChI is InChI=1S/C17H26N2O3/c1-16(2)10-14(17(3,4)22-16)19-15(20)18-13-9-7-6-8-12(13)11-21-5/h6-9,14H,10-11H2,1-5H3,(H2,18,19,20)/t14-/m1/s1. The first-order chi connectivity index (χ1) is 10.2. The summed E-state index contributed by atoms with van der Waals surface area (Å²) in [5.74, 6) is 0. The molecule has 5 heteroatoms. The number of para-hydroxylation sites is 1. The quantitative estimate of drug-likeness (QED) is 0.897. The van der Waals surface area contributed by atoms with Gasteiger partial charge in [0.2, 0.25) is 0 Å². The van der Waals surface area contributed by atoms with E-state index in [4.69, 9.17) is 9.47 Å². The predicted octanol–water partition coefficient (Wildman–Crippen LogP) is 3.30. The van der Waals surface area contributed by atoms with Crippen LogP contribution in [0.15, 0.2) is 24.3 Å². The van der Waals surface area contributed by atoms with Gasteiger partial charge in [0.15, 0.2) is 0 Å². The van der Waals surface area contributed by atoms with Crippen LogP contribution in [0.3, 0.4) is 0 Å². The highest BCUT2D eigenvalue weighted by molar-refractivity contribution is 5.90. The number of carbonyl (C=O) groups is 1. The minimum atomic E-state index is -0.382. The molecule has 22 heavy (non-hydrogen) atoms. The van der Waals surface area contributed by atoms with E-state index >= 15 is 0 Å². The highest BCUT2D eigenvalue weighted by atomic mass is 16.5. The lowest BCUT2D eigenvalue weighted by molar-refractivity contribution is -0.0689. The van der Waals surface area contributed by atoms with Crippen LogP contribution in [0, 0.1) is 0 Å². The third kappa shape index (κ3) is 3.99. The lowest BCUT2D eigenvalue weighted by Gasteiger charge is -2.27. The Morgan fingerprint density at radius 2 is 2.00 bits per heavy atom. The number of rotatable bonds is 4. The van der Waals surface area contributed by atoms with Gasteiger partial charge in [-0.05, 0) is 40.2 Å². The Balaban J connectivity index is 2.02. The van der Waals surface area contributed by atoms with Crippen LogP contribution in [0.4, 0.5) is 10.5 Å². The Bertz CT molecular complexity index is 540. The van der Waals surface area contributed by atoms with Gasteiger partial charge in [0.05, 0.1) is 23.9 Å². The van der Waals surface area contributed by atoms with Gasteiger partial charge < -0.3 is 20.1 Å². The first-order valence-corrected chi connectivity index (χ1v) is 7.58. The molecule has 1 fully saturated rings. The summed E-state index contributed by atoms with van der Waals surface area (Å²) >= 11 is 0. The van der Waals surface area contributed by atoms with Crippen molar-refractivity contribution in [1.29, 1.82) is 0 Å².